The Hall–Kier alpha value is -3.30. The molecule has 1 saturated heterocycles. The predicted molar refractivity (Wildman–Crippen MR) is 147 cm³/mol. The summed E-state index contributed by atoms with van der Waals surface area (Å²) in [4.78, 5) is 12.5. The molecule has 2 aromatic carbocycles. The Balaban J connectivity index is 1.52. The van der Waals surface area contributed by atoms with Crippen LogP contribution in [0.15, 0.2) is 59.5 Å². The molecule has 9 heteroatoms. The lowest BCUT2D eigenvalue weighted by molar-refractivity contribution is 0.433. The molecule has 0 amide bonds. The number of fused-ring (bicyclic) bond motifs is 1. The Kier molecular flexibility index (Phi) is 7.00. The van der Waals surface area contributed by atoms with Crippen LogP contribution in [0.3, 0.4) is 0 Å². The van der Waals surface area contributed by atoms with Crippen LogP contribution in [-0.4, -0.2) is 58.7 Å². The second-order valence-corrected chi connectivity index (χ2v) is 12.1. The molecule has 4 aromatic rings. The van der Waals surface area contributed by atoms with Gasteiger partial charge in [-0.1, -0.05) is 49.7 Å². The van der Waals surface area contributed by atoms with E-state index in [1.54, 1.807) is 16.4 Å². The molecular weight excluding hydrogens is 484 g/mol. The summed E-state index contributed by atoms with van der Waals surface area (Å²) < 4.78 is 30.2. The second-order valence-electron chi connectivity index (χ2n) is 10.2. The van der Waals surface area contributed by atoms with Gasteiger partial charge in [-0.2, -0.15) is 9.40 Å². The normalized spacial score (nSPS) is 15.4. The minimum atomic E-state index is -3.56. The molecule has 0 unspecified atom stereocenters. The van der Waals surface area contributed by atoms with E-state index in [9.17, 15) is 8.42 Å². The van der Waals surface area contributed by atoms with Crippen molar-refractivity contribution in [3.05, 3.63) is 71.7 Å². The summed E-state index contributed by atoms with van der Waals surface area (Å²) in [5, 5.41) is 5.76. The van der Waals surface area contributed by atoms with E-state index in [2.05, 4.69) is 18.7 Å². The lowest BCUT2D eigenvalue weighted by Gasteiger charge is -2.24. The van der Waals surface area contributed by atoms with Crippen molar-refractivity contribution in [3.8, 4) is 5.69 Å². The van der Waals surface area contributed by atoms with Crippen molar-refractivity contribution in [2.45, 2.75) is 45.4 Å². The van der Waals surface area contributed by atoms with Gasteiger partial charge < -0.3 is 4.90 Å². The molecule has 1 aliphatic heterocycles. The monoisotopic (exact) mass is 518 g/mol. The van der Waals surface area contributed by atoms with Crippen LogP contribution < -0.4 is 4.90 Å². The quantitative estimate of drug-likeness (QED) is 0.373. The molecule has 0 bridgehead atoms. The topological polar surface area (TPSA) is 84.2 Å². The third kappa shape index (κ3) is 5.10. The molecule has 37 heavy (non-hydrogen) atoms. The van der Waals surface area contributed by atoms with E-state index in [4.69, 9.17) is 15.1 Å². The summed E-state index contributed by atoms with van der Waals surface area (Å²) in [6, 6.07) is 17.1. The maximum Gasteiger partial charge on any atom is 0.243 e. The molecule has 0 radical (unpaired) electrons. The SMILES string of the molecule is Cc1ccc(S(=O)(=O)N2CCCN(c3nc(CC(C)C)nc4c3c(C)nn4-c3ccccc3)CC2)cc1. The summed E-state index contributed by atoms with van der Waals surface area (Å²) in [6.45, 7) is 10.4. The van der Waals surface area contributed by atoms with Crippen molar-refractivity contribution in [2.24, 2.45) is 5.92 Å². The number of sulfonamides is 1. The highest BCUT2D eigenvalue weighted by atomic mass is 32.2. The Morgan fingerprint density at radius 3 is 2.32 bits per heavy atom. The standard InChI is InChI=1S/C28H34N6O2S/c1-20(2)19-25-29-27(26-22(4)31-34(28(26)30-25)23-9-6-5-7-10-23)32-15-8-16-33(18-17-32)37(35,36)24-13-11-21(3)12-14-24/h5-7,9-14,20H,8,15-19H2,1-4H3. The number of hydrogen-bond donors (Lipinski definition) is 0. The van der Waals surface area contributed by atoms with E-state index in [0.29, 0.717) is 43.4 Å². The van der Waals surface area contributed by atoms with Crippen LogP contribution in [0, 0.1) is 19.8 Å². The summed E-state index contributed by atoms with van der Waals surface area (Å²) in [6.07, 6.45) is 1.46. The Morgan fingerprint density at radius 2 is 1.62 bits per heavy atom. The van der Waals surface area contributed by atoms with Crippen molar-refractivity contribution < 1.29 is 8.42 Å². The number of nitrogens with zero attached hydrogens (tertiary/aromatic N) is 6. The van der Waals surface area contributed by atoms with Gasteiger partial charge in [0.15, 0.2) is 5.65 Å². The lowest BCUT2D eigenvalue weighted by Crippen LogP contribution is -2.35. The minimum absolute atomic E-state index is 0.343. The van der Waals surface area contributed by atoms with Crippen LogP contribution in [-0.2, 0) is 16.4 Å². The van der Waals surface area contributed by atoms with Gasteiger partial charge in [-0.3, -0.25) is 0 Å². The maximum atomic E-state index is 13.4. The zero-order valence-electron chi connectivity index (χ0n) is 21.9. The fraction of sp³-hybridized carbons (Fsp3) is 0.393. The average Bonchev–Trinajstić information content (AvgIpc) is 3.04. The number of para-hydroxylation sites is 1. The molecule has 5 rings (SSSR count). The van der Waals surface area contributed by atoms with Gasteiger partial charge in [-0.05, 0) is 50.5 Å². The number of anilines is 1. The number of aromatic nitrogens is 4. The van der Waals surface area contributed by atoms with Crippen molar-refractivity contribution in [3.63, 3.8) is 0 Å². The summed E-state index contributed by atoms with van der Waals surface area (Å²) in [7, 11) is -3.56. The molecule has 2 aromatic heterocycles. The third-order valence-electron chi connectivity index (χ3n) is 6.73. The highest BCUT2D eigenvalue weighted by Crippen LogP contribution is 2.30. The Bertz CT molecular complexity index is 1500. The fourth-order valence-corrected chi connectivity index (χ4v) is 6.31. The highest BCUT2D eigenvalue weighted by Gasteiger charge is 2.29. The van der Waals surface area contributed by atoms with Gasteiger partial charge in [0.2, 0.25) is 10.0 Å². The zero-order valence-corrected chi connectivity index (χ0v) is 22.7. The smallest absolute Gasteiger partial charge is 0.243 e. The average molecular weight is 519 g/mol. The molecule has 8 nitrogen and oxygen atoms in total. The molecule has 194 valence electrons. The lowest BCUT2D eigenvalue weighted by atomic mass is 10.1. The summed E-state index contributed by atoms with van der Waals surface area (Å²) in [5.41, 5.74) is 3.64. The number of benzene rings is 2. The highest BCUT2D eigenvalue weighted by molar-refractivity contribution is 7.89. The molecule has 1 aliphatic rings. The number of rotatable bonds is 6. The van der Waals surface area contributed by atoms with Gasteiger partial charge in [-0.25, -0.2) is 23.1 Å². The van der Waals surface area contributed by atoms with E-state index in [-0.39, 0.29) is 0 Å². The van der Waals surface area contributed by atoms with Gasteiger partial charge in [0.25, 0.3) is 0 Å². The van der Waals surface area contributed by atoms with E-state index in [1.807, 2.05) is 61.0 Å². The second kappa shape index (κ2) is 10.2. The van der Waals surface area contributed by atoms with Gasteiger partial charge >= 0.3 is 0 Å². The number of hydrogen-bond acceptors (Lipinski definition) is 6. The first-order valence-corrected chi connectivity index (χ1v) is 14.3. The van der Waals surface area contributed by atoms with Gasteiger partial charge in [0.1, 0.15) is 11.6 Å². The molecular formula is C28H34N6O2S. The molecule has 0 spiro atoms. The van der Waals surface area contributed by atoms with E-state index >= 15 is 0 Å². The van der Waals surface area contributed by atoms with E-state index in [1.165, 1.54) is 0 Å². The summed E-state index contributed by atoms with van der Waals surface area (Å²) in [5.74, 6) is 2.02. The van der Waals surface area contributed by atoms with Crippen molar-refractivity contribution in [1.82, 2.24) is 24.1 Å². The maximum absolute atomic E-state index is 13.4. The first-order valence-electron chi connectivity index (χ1n) is 12.9. The van der Waals surface area contributed by atoms with Crippen LogP contribution in [0.2, 0.25) is 0 Å². The first-order chi connectivity index (χ1) is 17.7. The fourth-order valence-electron chi connectivity index (χ4n) is 4.85. The molecule has 0 aliphatic carbocycles. The van der Waals surface area contributed by atoms with E-state index in [0.717, 1.165) is 46.0 Å². The molecule has 0 atom stereocenters. The van der Waals surface area contributed by atoms with E-state index < -0.39 is 10.0 Å². The largest absolute Gasteiger partial charge is 0.355 e. The zero-order chi connectivity index (χ0) is 26.2. The van der Waals surface area contributed by atoms with Gasteiger partial charge in [-0.15, -0.1) is 0 Å². The van der Waals surface area contributed by atoms with Crippen molar-refractivity contribution >= 4 is 26.9 Å². The third-order valence-corrected chi connectivity index (χ3v) is 8.65. The van der Waals surface area contributed by atoms with Crippen LogP contribution in [0.4, 0.5) is 5.82 Å². The van der Waals surface area contributed by atoms with Crippen LogP contribution >= 0.6 is 0 Å². The molecule has 0 saturated carbocycles. The Morgan fingerprint density at radius 1 is 0.892 bits per heavy atom. The molecule has 0 N–H and O–H groups in total. The molecule has 1 fully saturated rings. The van der Waals surface area contributed by atoms with Gasteiger partial charge in [0, 0.05) is 32.6 Å². The Labute approximate surface area is 219 Å². The summed E-state index contributed by atoms with van der Waals surface area (Å²) >= 11 is 0. The minimum Gasteiger partial charge on any atom is -0.355 e. The van der Waals surface area contributed by atoms with Crippen molar-refractivity contribution in [1.29, 1.82) is 0 Å². The predicted octanol–water partition coefficient (Wildman–Crippen LogP) is 4.53. The van der Waals surface area contributed by atoms with Crippen molar-refractivity contribution in [2.75, 3.05) is 31.1 Å². The molecule has 3 heterocycles. The van der Waals surface area contributed by atoms with Crippen LogP contribution in [0.25, 0.3) is 16.7 Å². The van der Waals surface area contributed by atoms with Gasteiger partial charge in [0.05, 0.1) is 21.7 Å². The number of aryl methyl sites for hydroxylation is 2. The van der Waals surface area contributed by atoms with Crippen LogP contribution in [0.5, 0.6) is 0 Å². The van der Waals surface area contributed by atoms with Crippen LogP contribution in [0.1, 0.15) is 37.4 Å². The first kappa shape index (κ1) is 25.4.